The maximum absolute atomic E-state index is 15.1. The fraction of sp³-hybridized carbons (Fsp3) is 0.258. The number of benzene rings is 2. The zero-order valence-electron chi connectivity index (χ0n) is 25.3. The largest absolute Gasteiger partial charge is 0.494 e. The molecule has 0 aliphatic carbocycles. The van der Waals surface area contributed by atoms with Gasteiger partial charge in [-0.25, -0.2) is 13.8 Å². The van der Waals surface area contributed by atoms with Crippen LogP contribution in [0, 0.1) is 11.6 Å². The number of methoxy groups -OCH3 is 2. The van der Waals surface area contributed by atoms with Crippen molar-refractivity contribution in [2.45, 2.75) is 0 Å². The van der Waals surface area contributed by atoms with Gasteiger partial charge in [0.15, 0.2) is 34.5 Å². The van der Waals surface area contributed by atoms with Crippen LogP contribution < -0.4 is 30.3 Å². The highest BCUT2D eigenvalue weighted by Crippen LogP contribution is 2.38. The highest BCUT2D eigenvalue weighted by molar-refractivity contribution is 6.15. The Balaban J connectivity index is 1.73. The van der Waals surface area contributed by atoms with Gasteiger partial charge in [0.2, 0.25) is 11.7 Å². The first kappa shape index (κ1) is 31.8. The molecule has 13 heteroatoms. The quantitative estimate of drug-likeness (QED) is 0.137. The molecule has 0 unspecified atom stereocenters. The zero-order chi connectivity index (χ0) is 32.1. The molecule has 2 aromatic heterocycles. The molecule has 4 rings (SSSR count). The van der Waals surface area contributed by atoms with E-state index < -0.39 is 28.9 Å². The minimum absolute atomic E-state index is 0.189. The van der Waals surface area contributed by atoms with Crippen molar-refractivity contribution in [1.82, 2.24) is 9.88 Å². The van der Waals surface area contributed by atoms with Gasteiger partial charge in [-0.2, -0.15) is 0 Å². The number of anilines is 5. The predicted octanol–water partition coefficient (Wildman–Crippen LogP) is 5.26. The van der Waals surface area contributed by atoms with Gasteiger partial charge >= 0.3 is 0 Å². The molecule has 4 aromatic rings. The van der Waals surface area contributed by atoms with Crippen molar-refractivity contribution in [3.8, 4) is 11.5 Å². The molecule has 232 valence electrons. The monoisotopic (exact) mass is 608 g/mol. The summed E-state index contributed by atoms with van der Waals surface area (Å²) in [5.74, 6) is -4.56. The van der Waals surface area contributed by atoms with E-state index in [1.807, 2.05) is 33.3 Å². The van der Waals surface area contributed by atoms with Crippen molar-refractivity contribution in [2.75, 3.05) is 76.4 Å². The van der Waals surface area contributed by atoms with Crippen LogP contribution in [0.4, 0.5) is 37.3 Å². The van der Waals surface area contributed by atoms with E-state index >= 15 is 8.78 Å². The normalized spacial score (nSPS) is 10.9. The third kappa shape index (κ3) is 6.42. The summed E-state index contributed by atoms with van der Waals surface area (Å²) in [7, 11) is 9.86. The van der Waals surface area contributed by atoms with E-state index in [2.05, 4.69) is 37.3 Å². The van der Waals surface area contributed by atoms with E-state index in [4.69, 9.17) is 13.9 Å². The smallest absolute Gasteiger partial charge is 0.247 e. The Kier molecular flexibility index (Phi) is 9.69. The van der Waals surface area contributed by atoms with Crippen molar-refractivity contribution < 1.29 is 32.3 Å². The Morgan fingerprint density at radius 3 is 2.30 bits per heavy atom. The van der Waals surface area contributed by atoms with Gasteiger partial charge in [0.25, 0.3) is 0 Å². The summed E-state index contributed by atoms with van der Waals surface area (Å²) in [6, 6.07) is 8.16. The number of rotatable bonds is 13. The van der Waals surface area contributed by atoms with Gasteiger partial charge in [0.1, 0.15) is 11.4 Å². The summed E-state index contributed by atoms with van der Waals surface area (Å²) in [6.45, 7) is 5.13. The van der Waals surface area contributed by atoms with Crippen LogP contribution in [0.2, 0.25) is 0 Å². The van der Waals surface area contributed by atoms with E-state index in [0.717, 1.165) is 24.8 Å². The Morgan fingerprint density at radius 2 is 1.70 bits per heavy atom. The van der Waals surface area contributed by atoms with Crippen LogP contribution in [0.15, 0.2) is 53.6 Å². The maximum atomic E-state index is 15.1. The van der Waals surface area contributed by atoms with Gasteiger partial charge in [-0.3, -0.25) is 9.59 Å². The lowest BCUT2D eigenvalue weighted by Gasteiger charge is -2.23. The molecule has 0 fully saturated rings. The van der Waals surface area contributed by atoms with Crippen LogP contribution in [-0.4, -0.2) is 77.1 Å². The number of hydrogen-bond donors (Lipinski definition) is 3. The number of pyridine rings is 1. The summed E-state index contributed by atoms with van der Waals surface area (Å²) in [4.78, 5) is 34.2. The third-order valence-corrected chi connectivity index (χ3v) is 6.87. The maximum Gasteiger partial charge on any atom is 0.247 e. The Bertz CT molecular complexity index is 1690. The number of amides is 1. The Hall–Kier alpha value is -5.17. The number of ketones is 1. The molecule has 0 radical (unpaired) electrons. The highest BCUT2D eigenvalue weighted by Gasteiger charge is 2.31. The number of carbonyl (C=O) groups is 2. The summed E-state index contributed by atoms with van der Waals surface area (Å²) in [5, 5.41) is 9.31. The molecule has 0 saturated carbocycles. The number of carbonyl (C=O) groups excluding carboxylic acids is 2. The van der Waals surface area contributed by atoms with Crippen LogP contribution in [0.3, 0.4) is 0 Å². The SMILES string of the molecule is C=CC(=O)Nc1cc(N(C)CCN(C)C)ccc1Nc1cc2c(NC)c(C(=O)c3c(F)c(OC)cc(OC)c3F)oc2cn1. The molecule has 0 saturated heterocycles. The molecule has 2 heterocycles. The highest BCUT2D eigenvalue weighted by atomic mass is 19.1. The number of ether oxygens (including phenoxy) is 2. The Morgan fingerprint density at radius 1 is 1.02 bits per heavy atom. The van der Waals surface area contributed by atoms with Crippen LogP contribution >= 0.6 is 0 Å². The minimum Gasteiger partial charge on any atom is -0.494 e. The number of nitrogens with zero attached hydrogens (tertiary/aromatic N) is 3. The lowest BCUT2D eigenvalue weighted by Crippen LogP contribution is -2.28. The van der Waals surface area contributed by atoms with Gasteiger partial charge in [0.05, 0.1) is 37.5 Å². The summed E-state index contributed by atoms with van der Waals surface area (Å²) in [5.41, 5.74) is 1.40. The van der Waals surface area contributed by atoms with E-state index in [0.29, 0.717) is 22.6 Å². The lowest BCUT2D eigenvalue weighted by atomic mass is 10.0. The van der Waals surface area contributed by atoms with Gasteiger partial charge in [-0.1, -0.05) is 6.58 Å². The van der Waals surface area contributed by atoms with E-state index in [1.54, 1.807) is 19.2 Å². The van der Waals surface area contributed by atoms with Gasteiger partial charge in [-0.05, 0) is 44.4 Å². The van der Waals surface area contributed by atoms with E-state index in [-0.39, 0.29) is 28.5 Å². The third-order valence-electron chi connectivity index (χ3n) is 6.87. The first-order chi connectivity index (χ1) is 21.0. The average Bonchev–Trinajstić information content (AvgIpc) is 3.38. The molecule has 0 atom stereocenters. The molecule has 0 bridgehead atoms. The van der Waals surface area contributed by atoms with E-state index in [9.17, 15) is 9.59 Å². The number of likely N-dealkylation sites (N-methyl/N-ethyl adjacent to an activating group) is 2. The minimum atomic E-state index is -1.19. The average molecular weight is 609 g/mol. The topological polar surface area (TPSA) is 121 Å². The summed E-state index contributed by atoms with van der Waals surface area (Å²) < 4.78 is 45.9. The van der Waals surface area contributed by atoms with Crippen LogP contribution in [0.1, 0.15) is 16.1 Å². The number of hydrogen-bond acceptors (Lipinski definition) is 10. The fourth-order valence-corrected chi connectivity index (χ4v) is 4.46. The second-order valence-corrected chi connectivity index (χ2v) is 10.0. The predicted molar refractivity (Wildman–Crippen MR) is 167 cm³/mol. The number of furan rings is 1. The van der Waals surface area contributed by atoms with Crippen molar-refractivity contribution in [3.63, 3.8) is 0 Å². The first-order valence-corrected chi connectivity index (χ1v) is 13.5. The second-order valence-electron chi connectivity index (χ2n) is 10.0. The van der Waals surface area contributed by atoms with Crippen LogP contribution in [0.5, 0.6) is 11.5 Å². The fourth-order valence-electron chi connectivity index (χ4n) is 4.46. The van der Waals surface area contributed by atoms with Crippen molar-refractivity contribution in [1.29, 1.82) is 0 Å². The van der Waals surface area contributed by atoms with Crippen LogP contribution in [0.25, 0.3) is 11.0 Å². The molecule has 11 nitrogen and oxygen atoms in total. The second kappa shape index (κ2) is 13.4. The van der Waals surface area contributed by atoms with Gasteiger partial charge in [-0.15, -0.1) is 0 Å². The lowest BCUT2D eigenvalue weighted by molar-refractivity contribution is -0.111. The molecule has 44 heavy (non-hydrogen) atoms. The van der Waals surface area contributed by atoms with Crippen molar-refractivity contribution in [3.05, 3.63) is 72.1 Å². The number of aromatic nitrogens is 1. The van der Waals surface area contributed by atoms with Gasteiger partial charge < -0.3 is 39.6 Å². The van der Waals surface area contributed by atoms with Gasteiger partial charge in [0, 0.05) is 44.3 Å². The molecular weight excluding hydrogens is 574 g/mol. The number of halogens is 2. The van der Waals surface area contributed by atoms with Crippen LogP contribution in [-0.2, 0) is 4.79 Å². The van der Waals surface area contributed by atoms with Crippen molar-refractivity contribution in [2.24, 2.45) is 0 Å². The Labute approximate surface area is 253 Å². The molecule has 0 aliphatic heterocycles. The van der Waals surface area contributed by atoms with Crippen molar-refractivity contribution >= 4 is 51.2 Å². The molecule has 2 aromatic carbocycles. The molecule has 3 N–H and O–H groups in total. The molecule has 0 spiro atoms. The molecule has 1 amide bonds. The molecular formula is C31H34F2N6O5. The number of nitrogens with one attached hydrogen (secondary N) is 3. The molecule has 0 aliphatic rings. The summed E-state index contributed by atoms with van der Waals surface area (Å²) >= 11 is 0. The standard InChI is InChI=1S/C31H34F2N6O5/c1-8-25(40)37-20-13-17(39(5)12-11-38(3)4)9-10-19(20)36-24-14-18-23(16-35-24)44-31(29(18)34-2)30(41)26-27(32)21(42-6)15-22(43-7)28(26)33/h8-10,13-16,34H,1,11-12H2,2-7H3,(H,35,36)(H,37,40). The zero-order valence-corrected chi connectivity index (χ0v) is 25.3. The summed E-state index contributed by atoms with van der Waals surface area (Å²) in [6.07, 6.45) is 2.54. The first-order valence-electron chi connectivity index (χ1n) is 13.5. The van der Waals surface area contributed by atoms with E-state index in [1.165, 1.54) is 26.5 Å². The number of fused-ring (bicyclic) bond motifs is 1.